The summed E-state index contributed by atoms with van der Waals surface area (Å²) in [5.74, 6) is 2.58. The number of aliphatic hydroxyl groups excluding tert-OH is 2. The van der Waals surface area contributed by atoms with E-state index in [-0.39, 0.29) is 34.5 Å². The van der Waals surface area contributed by atoms with Crippen molar-refractivity contribution in [3.8, 4) is 5.75 Å². The Bertz CT molecular complexity index is 984. The summed E-state index contributed by atoms with van der Waals surface area (Å²) in [6.07, 6.45) is 12.0. The number of hydrogen-bond acceptors (Lipinski definition) is 5. The smallest absolute Gasteiger partial charge is 0.339 e. The Morgan fingerprint density at radius 3 is 2.57 bits per heavy atom. The van der Waals surface area contributed by atoms with Gasteiger partial charge in [0.15, 0.2) is 5.75 Å². The highest BCUT2D eigenvalue weighted by Crippen LogP contribution is 2.69. The van der Waals surface area contributed by atoms with Crippen LogP contribution in [0.5, 0.6) is 5.75 Å². The second kappa shape index (κ2) is 10.1. The number of ether oxygens (including phenoxy) is 1. The number of carboxylic acids is 1. The fraction of sp³-hybridized carbons (Fsp3) is 0.806. The highest BCUT2D eigenvalue weighted by molar-refractivity contribution is 5.90. The predicted molar refractivity (Wildman–Crippen MR) is 142 cm³/mol. The van der Waals surface area contributed by atoms with Gasteiger partial charge in [-0.1, -0.05) is 34.1 Å². The molecule has 0 spiro atoms. The maximum absolute atomic E-state index is 11.9. The van der Waals surface area contributed by atoms with Crippen LogP contribution in [-0.2, 0) is 0 Å². The van der Waals surface area contributed by atoms with Crippen molar-refractivity contribution >= 4 is 5.97 Å². The molecule has 4 aliphatic rings. The molecule has 1 aromatic rings. The molecule has 0 unspecified atom stereocenters. The van der Waals surface area contributed by atoms with Crippen molar-refractivity contribution in [1.82, 2.24) is 4.98 Å². The topological polar surface area (TPSA) is 99.9 Å². The lowest BCUT2D eigenvalue weighted by molar-refractivity contribution is -0.203. The van der Waals surface area contributed by atoms with Gasteiger partial charge in [0.05, 0.1) is 25.0 Å². The molecule has 1 heterocycles. The minimum Gasteiger partial charge on any atom is -0.491 e. The third-order valence-corrected chi connectivity index (χ3v) is 12.0. The van der Waals surface area contributed by atoms with Crippen molar-refractivity contribution in [2.24, 2.45) is 52.3 Å². The first-order chi connectivity index (χ1) is 17.6. The van der Waals surface area contributed by atoms with Crippen LogP contribution >= 0.6 is 0 Å². The van der Waals surface area contributed by atoms with E-state index in [0.29, 0.717) is 47.9 Å². The molecule has 0 radical (unpaired) electrons. The standard InChI is InChI=1S/C31H47NO5/c1-5-20-25-16-19(33)8-12-31(25,4)24-9-13-30(3)22(6-7-23(30)27(24)28(20)34)18(2)11-15-37-26-17-32-14-10-21(26)29(35)36/h10,14,17-20,22-25,27-28,33-34H,5-9,11-13,15-16H2,1-4H3,(H,35,36)/t18-,19-,20-,22-,23+,24+,25+,27+,28-,30-,31-/m1/s1. The summed E-state index contributed by atoms with van der Waals surface area (Å²) in [4.78, 5) is 15.5. The fourth-order valence-corrected chi connectivity index (χ4v) is 10.2. The summed E-state index contributed by atoms with van der Waals surface area (Å²) < 4.78 is 5.91. The van der Waals surface area contributed by atoms with E-state index in [9.17, 15) is 20.1 Å². The first-order valence-electron chi connectivity index (χ1n) is 14.8. The number of fused-ring (bicyclic) bond motifs is 5. The second-order valence-corrected chi connectivity index (χ2v) is 13.4. The fourth-order valence-electron chi connectivity index (χ4n) is 10.2. The second-order valence-electron chi connectivity index (χ2n) is 13.4. The van der Waals surface area contributed by atoms with Crippen molar-refractivity contribution in [2.75, 3.05) is 6.61 Å². The largest absolute Gasteiger partial charge is 0.491 e. The number of aliphatic hydroxyl groups is 2. The Labute approximate surface area is 222 Å². The molecule has 4 saturated carbocycles. The van der Waals surface area contributed by atoms with Gasteiger partial charge in [0, 0.05) is 6.20 Å². The molecule has 0 amide bonds. The Balaban J connectivity index is 1.30. The average Bonchev–Trinajstić information content (AvgIpc) is 3.22. The molecule has 206 valence electrons. The van der Waals surface area contributed by atoms with Crippen LogP contribution < -0.4 is 4.74 Å². The number of rotatable bonds is 7. The van der Waals surface area contributed by atoms with Gasteiger partial charge in [0.1, 0.15) is 5.56 Å². The molecule has 0 aliphatic heterocycles. The molecule has 0 bridgehead atoms. The van der Waals surface area contributed by atoms with Crippen molar-refractivity contribution < 1.29 is 24.9 Å². The summed E-state index contributed by atoms with van der Waals surface area (Å²) in [5.41, 5.74) is 0.610. The maximum Gasteiger partial charge on any atom is 0.339 e. The van der Waals surface area contributed by atoms with Crippen LogP contribution in [0, 0.1) is 52.3 Å². The van der Waals surface area contributed by atoms with Crippen LogP contribution in [-0.4, -0.2) is 45.1 Å². The van der Waals surface area contributed by atoms with Gasteiger partial charge in [-0.2, -0.15) is 0 Å². The minimum atomic E-state index is -0.992. The zero-order valence-electron chi connectivity index (χ0n) is 23.1. The third-order valence-electron chi connectivity index (χ3n) is 12.0. The molecule has 1 aromatic heterocycles. The zero-order chi connectivity index (χ0) is 26.5. The average molecular weight is 514 g/mol. The van der Waals surface area contributed by atoms with Crippen LogP contribution in [0.2, 0.25) is 0 Å². The normalized spacial score (nSPS) is 43.8. The van der Waals surface area contributed by atoms with Crippen molar-refractivity contribution in [2.45, 2.75) is 97.7 Å². The van der Waals surface area contributed by atoms with Crippen LogP contribution in [0.4, 0.5) is 0 Å². The lowest BCUT2D eigenvalue weighted by Crippen LogP contribution is -2.62. The van der Waals surface area contributed by atoms with E-state index in [1.807, 2.05) is 0 Å². The van der Waals surface area contributed by atoms with Gasteiger partial charge < -0.3 is 20.1 Å². The van der Waals surface area contributed by atoms with Crippen molar-refractivity contribution in [3.05, 3.63) is 24.0 Å². The molecular weight excluding hydrogens is 466 g/mol. The van der Waals surface area contributed by atoms with E-state index in [2.05, 4.69) is 32.7 Å². The summed E-state index contributed by atoms with van der Waals surface area (Å²) in [6, 6.07) is 1.49. The Hall–Kier alpha value is -1.66. The van der Waals surface area contributed by atoms with E-state index in [1.165, 1.54) is 44.1 Å². The highest BCUT2D eigenvalue weighted by Gasteiger charge is 2.64. The van der Waals surface area contributed by atoms with E-state index >= 15 is 0 Å². The number of aromatic carboxylic acids is 1. The monoisotopic (exact) mass is 513 g/mol. The zero-order valence-corrected chi connectivity index (χ0v) is 23.1. The molecule has 6 heteroatoms. The van der Waals surface area contributed by atoms with Gasteiger partial charge in [-0.15, -0.1) is 0 Å². The number of pyridine rings is 1. The Morgan fingerprint density at radius 1 is 1.11 bits per heavy atom. The van der Waals surface area contributed by atoms with Crippen LogP contribution in [0.25, 0.3) is 0 Å². The van der Waals surface area contributed by atoms with E-state index in [0.717, 1.165) is 32.1 Å². The number of nitrogens with zero attached hydrogens (tertiary/aromatic N) is 1. The van der Waals surface area contributed by atoms with Gasteiger partial charge in [-0.3, -0.25) is 4.98 Å². The van der Waals surface area contributed by atoms with Gasteiger partial charge in [-0.05, 0) is 110 Å². The van der Waals surface area contributed by atoms with Crippen LogP contribution in [0.15, 0.2) is 18.5 Å². The summed E-state index contributed by atoms with van der Waals surface area (Å²) in [5, 5.41) is 31.8. The van der Waals surface area contributed by atoms with E-state index in [4.69, 9.17) is 4.74 Å². The molecule has 3 N–H and O–H groups in total. The molecule has 6 nitrogen and oxygen atoms in total. The summed E-state index contributed by atoms with van der Waals surface area (Å²) in [6.45, 7) is 10.0. The van der Waals surface area contributed by atoms with E-state index < -0.39 is 5.97 Å². The molecule has 4 aliphatic carbocycles. The third kappa shape index (κ3) is 4.40. The minimum absolute atomic E-state index is 0.160. The van der Waals surface area contributed by atoms with E-state index in [1.54, 1.807) is 0 Å². The number of hydrogen-bond donors (Lipinski definition) is 3. The first-order valence-corrected chi connectivity index (χ1v) is 14.8. The summed E-state index contributed by atoms with van der Waals surface area (Å²) in [7, 11) is 0. The quantitative estimate of drug-likeness (QED) is 0.425. The van der Waals surface area contributed by atoms with Crippen molar-refractivity contribution in [1.29, 1.82) is 0 Å². The summed E-state index contributed by atoms with van der Waals surface area (Å²) >= 11 is 0. The number of carbonyl (C=O) groups is 1. The molecule has 37 heavy (non-hydrogen) atoms. The van der Waals surface area contributed by atoms with Crippen molar-refractivity contribution in [3.63, 3.8) is 0 Å². The van der Waals surface area contributed by atoms with Gasteiger partial charge in [0.25, 0.3) is 0 Å². The Morgan fingerprint density at radius 2 is 1.84 bits per heavy atom. The highest BCUT2D eigenvalue weighted by atomic mass is 16.5. The number of aromatic nitrogens is 1. The lowest BCUT2D eigenvalue weighted by atomic mass is 9.41. The molecule has 0 aromatic carbocycles. The van der Waals surface area contributed by atoms with Gasteiger partial charge in [0.2, 0.25) is 0 Å². The lowest BCUT2D eigenvalue weighted by Gasteiger charge is -2.64. The SMILES string of the molecule is CC[C@H]1[C@@H](O)[C@@H]2[C@H](CC[C@]3(C)[C@@H]([C@H](C)CCOc4cnccc4C(=O)O)CC[C@@H]23)[C@@]2(C)CC[C@@H](O)C[C@@H]12. The van der Waals surface area contributed by atoms with Crippen LogP contribution in [0.3, 0.4) is 0 Å². The van der Waals surface area contributed by atoms with Crippen LogP contribution in [0.1, 0.15) is 95.8 Å². The first kappa shape index (κ1) is 26.9. The maximum atomic E-state index is 11.9. The molecule has 11 atom stereocenters. The van der Waals surface area contributed by atoms with Gasteiger partial charge >= 0.3 is 5.97 Å². The predicted octanol–water partition coefficient (Wildman–Crippen LogP) is 5.81. The molecule has 0 saturated heterocycles. The number of carboxylic acid groups (broad SMARTS) is 1. The molecular formula is C31H47NO5. The van der Waals surface area contributed by atoms with Gasteiger partial charge in [-0.25, -0.2) is 4.79 Å². The molecule has 4 fully saturated rings. The molecule has 5 rings (SSSR count). The Kier molecular flexibility index (Phi) is 7.38.